The summed E-state index contributed by atoms with van der Waals surface area (Å²) >= 11 is 3.53. The van der Waals surface area contributed by atoms with Crippen LogP contribution >= 0.6 is 15.9 Å². The number of nitrogens with one attached hydrogen (secondary N) is 1. The maximum atomic E-state index is 10.2. The molecule has 3 atom stereocenters. The second-order valence-electron chi connectivity index (χ2n) is 5.53. The molecule has 1 aliphatic carbocycles. The average Bonchev–Trinajstić information content (AvgIpc) is 3.05. The van der Waals surface area contributed by atoms with Crippen LogP contribution in [0.2, 0.25) is 0 Å². The Morgan fingerprint density at radius 2 is 2.32 bits per heavy atom. The molecule has 0 bridgehead atoms. The second-order valence-corrected chi connectivity index (χ2v) is 6.45. The minimum atomic E-state index is -0.293. The lowest BCUT2D eigenvalue weighted by molar-refractivity contribution is 0.0884. The molecular weight excluding hydrogens is 306 g/mol. The number of aliphatic hydroxyl groups excluding tert-OH is 1. The van der Waals surface area contributed by atoms with Crippen LogP contribution in [0.5, 0.6) is 0 Å². The van der Waals surface area contributed by atoms with Crippen LogP contribution in [-0.4, -0.2) is 31.0 Å². The molecule has 1 saturated heterocycles. The molecule has 0 saturated carbocycles. The minimum Gasteiger partial charge on any atom is -0.391 e. The lowest BCUT2D eigenvalue weighted by Gasteiger charge is -2.20. The van der Waals surface area contributed by atoms with Gasteiger partial charge in [-0.05, 0) is 42.5 Å². The maximum Gasteiger partial charge on any atom is 0.0715 e. The van der Waals surface area contributed by atoms with E-state index in [-0.39, 0.29) is 6.10 Å². The lowest BCUT2D eigenvalue weighted by atomic mass is 10.0. The Balaban J connectivity index is 1.58. The van der Waals surface area contributed by atoms with Crippen molar-refractivity contribution in [2.24, 2.45) is 5.92 Å². The summed E-state index contributed by atoms with van der Waals surface area (Å²) in [6, 6.07) is 6.88. The van der Waals surface area contributed by atoms with E-state index in [1.165, 1.54) is 11.1 Å². The van der Waals surface area contributed by atoms with Crippen LogP contribution in [-0.2, 0) is 11.2 Å². The van der Waals surface area contributed by atoms with Crippen molar-refractivity contribution in [1.29, 1.82) is 0 Å². The highest BCUT2D eigenvalue weighted by atomic mass is 79.9. The number of hydrogen-bond donors (Lipinski definition) is 2. The van der Waals surface area contributed by atoms with Crippen molar-refractivity contribution in [3.05, 3.63) is 33.8 Å². The van der Waals surface area contributed by atoms with Crippen LogP contribution in [0.1, 0.15) is 30.0 Å². The zero-order valence-electron chi connectivity index (χ0n) is 10.9. The third kappa shape index (κ3) is 3.02. The molecule has 0 aromatic heterocycles. The molecule has 1 fully saturated rings. The lowest BCUT2D eigenvalue weighted by Crippen LogP contribution is -2.34. The standard InChI is InChI=1S/C15H20BrNO2/c16-12-3-1-10-2-4-14(13(10)7-12)17-8-15(18)11-5-6-19-9-11/h1,3,7,11,14-15,17-18H,2,4-6,8-9H2. The van der Waals surface area contributed by atoms with Crippen LogP contribution in [0.4, 0.5) is 0 Å². The highest BCUT2D eigenvalue weighted by molar-refractivity contribution is 9.10. The van der Waals surface area contributed by atoms with Crippen LogP contribution in [0.3, 0.4) is 0 Å². The summed E-state index contributed by atoms with van der Waals surface area (Å²) in [4.78, 5) is 0. The van der Waals surface area contributed by atoms with E-state index in [4.69, 9.17) is 4.74 Å². The molecule has 1 aliphatic heterocycles. The van der Waals surface area contributed by atoms with E-state index >= 15 is 0 Å². The molecule has 2 N–H and O–H groups in total. The first kappa shape index (κ1) is 13.6. The zero-order chi connectivity index (χ0) is 13.2. The SMILES string of the molecule is OC(CNC1CCc2ccc(Br)cc21)C1CCOC1. The molecule has 104 valence electrons. The van der Waals surface area contributed by atoms with Gasteiger partial charge in [0.05, 0.1) is 12.7 Å². The highest BCUT2D eigenvalue weighted by Gasteiger charge is 2.27. The van der Waals surface area contributed by atoms with E-state index < -0.39 is 0 Å². The van der Waals surface area contributed by atoms with E-state index in [0.29, 0.717) is 25.1 Å². The number of rotatable bonds is 4. The number of hydrogen-bond acceptors (Lipinski definition) is 3. The normalized spacial score (nSPS) is 27.5. The predicted molar refractivity (Wildman–Crippen MR) is 78.1 cm³/mol. The van der Waals surface area contributed by atoms with Crippen LogP contribution in [0.15, 0.2) is 22.7 Å². The Labute approximate surface area is 122 Å². The van der Waals surface area contributed by atoms with Gasteiger partial charge in [-0.2, -0.15) is 0 Å². The fraction of sp³-hybridized carbons (Fsp3) is 0.600. The highest BCUT2D eigenvalue weighted by Crippen LogP contribution is 2.33. The number of benzene rings is 1. The molecule has 2 aliphatic rings. The third-order valence-electron chi connectivity index (χ3n) is 4.27. The quantitative estimate of drug-likeness (QED) is 0.893. The van der Waals surface area contributed by atoms with Gasteiger partial charge < -0.3 is 15.2 Å². The molecule has 0 spiro atoms. The van der Waals surface area contributed by atoms with Crippen molar-refractivity contribution >= 4 is 15.9 Å². The summed E-state index contributed by atoms with van der Waals surface area (Å²) in [6.45, 7) is 2.15. The summed E-state index contributed by atoms with van der Waals surface area (Å²) in [5, 5.41) is 13.7. The van der Waals surface area contributed by atoms with Crippen molar-refractivity contribution in [3.8, 4) is 0 Å². The molecule has 1 aromatic rings. The molecule has 1 aromatic carbocycles. The predicted octanol–water partition coefficient (Wildman–Crippen LogP) is 2.42. The van der Waals surface area contributed by atoms with Gasteiger partial charge in [-0.3, -0.25) is 0 Å². The molecule has 0 amide bonds. The van der Waals surface area contributed by atoms with Gasteiger partial charge in [0.2, 0.25) is 0 Å². The first-order valence-electron chi connectivity index (χ1n) is 7.01. The van der Waals surface area contributed by atoms with E-state index in [0.717, 1.165) is 30.3 Å². The monoisotopic (exact) mass is 325 g/mol. The van der Waals surface area contributed by atoms with E-state index in [1.807, 2.05) is 0 Å². The summed E-state index contributed by atoms with van der Waals surface area (Å²) in [5.41, 5.74) is 2.81. The molecule has 4 heteroatoms. The fourth-order valence-electron chi connectivity index (χ4n) is 3.07. The first-order chi connectivity index (χ1) is 9.24. The summed E-state index contributed by atoms with van der Waals surface area (Å²) in [6.07, 6.45) is 2.94. The van der Waals surface area contributed by atoms with E-state index in [2.05, 4.69) is 39.4 Å². The number of ether oxygens (including phenoxy) is 1. The second kappa shape index (κ2) is 5.92. The number of aliphatic hydroxyl groups is 1. The Bertz CT molecular complexity index is 446. The molecule has 19 heavy (non-hydrogen) atoms. The molecule has 1 heterocycles. The summed E-state index contributed by atoms with van der Waals surface area (Å²) in [5.74, 6) is 0.302. The smallest absolute Gasteiger partial charge is 0.0715 e. The first-order valence-corrected chi connectivity index (χ1v) is 7.81. The Morgan fingerprint density at radius 1 is 1.42 bits per heavy atom. The van der Waals surface area contributed by atoms with Gasteiger partial charge in [-0.15, -0.1) is 0 Å². The van der Waals surface area contributed by atoms with Crippen molar-refractivity contribution in [2.45, 2.75) is 31.4 Å². The average molecular weight is 326 g/mol. The fourth-order valence-corrected chi connectivity index (χ4v) is 3.45. The van der Waals surface area contributed by atoms with E-state index in [1.54, 1.807) is 0 Å². The molecular formula is C15H20BrNO2. The van der Waals surface area contributed by atoms with Crippen molar-refractivity contribution in [2.75, 3.05) is 19.8 Å². The number of fused-ring (bicyclic) bond motifs is 1. The van der Waals surface area contributed by atoms with Crippen LogP contribution in [0.25, 0.3) is 0 Å². The summed E-state index contributed by atoms with van der Waals surface area (Å²) in [7, 11) is 0. The van der Waals surface area contributed by atoms with Gasteiger partial charge >= 0.3 is 0 Å². The number of aryl methyl sites for hydroxylation is 1. The largest absolute Gasteiger partial charge is 0.391 e. The molecule has 3 unspecified atom stereocenters. The molecule has 3 rings (SSSR count). The number of halogens is 1. The summed E-state index contributed by atoms with van der Waals surface area (Å²) < 4.78 is 6.46. The zero-order valence-corrected chi connectivity index (χ0v) is 12.5. The van der Waals surface area contributed by atoms with Gasteiger partial charge in [0.15, 0.2) is 0 Å². The topological polar surface area (TPSA) is 41.5 Å². The Hall–Kier alpha value is -0.420. The van der Waals surface area contributed by atoms with Crippen LogP contribution < -0.4 is 5.32 Å². The Kier molecular flexibility index (Phi) is 4.22. The van der Waals surface area contributed by atoms with Crippen molar-refractivity contribution in [1.82, 2.24) is 5.32 Å². The minimum absolute atomic E-state index is 0.293. The van der Waals surface area contributed by atoms with Crippen LogP contribution in [0, 0.1) is 5.92 Å². The van der Waals surface area contributed by atoms with Crippen molar-refractivity contribution in [3.63, 3.8) is 0 Å². The third-order valence-corrected chi connectivity index (χ3v) is 4.76. The molecule has 0 radical (unpaired) electrons. The van der Waals surface area contributed by atoms with Gasteiger partial charge in [0, 0.05) is 29.6 Å². The molecule has 3 nitrogen and oxygen atoms in total. The van der Waals surface area contributed by atoms with Crippen molar-refractivity contribution < 1.29 is 9.84 Å². The maximum absolute atomic E-state index is 10.2. The van der Waals surface area contributed by atoms with Gasteiger partial charge in [-0.25, -0.2) is 0 Å². The van der Waals surface area contributed by atoms with E-state index in [9.17, 15) is 5.11 Å². The Morgan fingerprint density at radius 3 is 3.11 bits per heavy atom. The van der Waals surface area contributed by atoms with Gasteiger partial charge in [-0.1, -0.05) is 22.0 Å². The van der Waals surface area contributed by atoms with Gasteiger partial charge in [0.25, 0.3) is 0 Å². The van der Waals surface area contributed by atoms with Gasteiger partial charge in [0.1, 0.15) is 0 Å².